The molecule has 2 heterocycles. The molecule has 10 heteroatoms. The largest absolute Gasteiger partial charge is 0.325 e. The lowest BCUT2D eigenvalue weighted by atomic mass is 10.2. The van der Waals surface area contributed by atoms with Gasteiger partial charge in [-0.05, 0) is 30.7 Å². The van der Waals surface area contributed by atoms with Crippen LogP contribution in [0.1, 0.15) is 12.2 Å². The maximum atomic E-state index is 12.0. The normalized spacial score (nSPS) is 17.0. The molecule has 1 aromatic carbocycles. The Balaban J connectivity index is 1.62. The van der Waals surface area contributed by atoms with Gasteiger partial charge in [-0.15, -0.1) is 0 Å². The van der Waals surface area contributed by atoms with Gasteiger partial charge in [-0.2, -0.15) is 9.40 Å². The summed E-state index contributed by atoms with van der Waals surface area (Å²) in [5.74, 6) is 0.860. The fourth-order valence-electron chi connectivity index (χ4n) is 2.45. The molecule has 4 N–H and O–H groups in total. The van der Waals surface area contributed by atoms with Crippen molar-refractivity contribution in [1.29, 1.82) is 0 Å². The summed E-state index contributed by atoms with van der Waals surface area (Å²) >= 11 is 0. The van der Waals surface area contributed by atoms with Gasteiger partial charge in [0.15, 0.2) is 5.82 Å². The zero-order valence-electron chi connectivity index (χ0n) is 12.9. The highest BCUT2D eigenvalue weighted by Gasteiger charge is 2.29. The Morgan fingerprint density at radius 2 is 2.08 bits per heavy atom. The van der Waals surface area contributed by atoms with Crippen LogP contribution in [0.25, 0.3) is 11.4 Å². The summed E-state index contributed by atoms with van der Waals surface area (Å²) in [7, 11) is -3.28. The van der Waals surface area contributed by atoms with E-state index in [0.29, 0.717) is 30.3 Å². The molecule has 1 fully saturated rings. The fourth-order valence-corrected chi connectivity index (χ4v) is 3.92. The van der Waals surface area contributed by atoms with Crippen molar-refractivity contribution in [2.45, 2.75) is 13.0 Å². The number of hydrogen-bond donors (Lipinski definition) is 3. The van der Waals surface area contributed by atoms with Crippen LogP contribution >= 0.6 is 0 Å². The summed E-state index contributed by atoms with van der Waals surface area (Å²) in [6.07, 6.45) is 0.561. The lowest BCUT2D eigenvalue weighted by molar-refractivity contribution is -0.116. The van der Waals surface area contributed by atoms with Crippen LogP contribution in [0.3, 0.4) is 0 Å². The van der Waals surface area contributed by atoms with E-state index < -0.39 is 10.0 Å². The zero-order valence-corrected chi connectivity index (χ0v) is 13.7. The molecule has 1 aromatic heterocycles. The Morgan fingerprint density at radius 3 is 2.67 bits per heavy atom. The quantitative estimate of drug-likeness (QED) is 0.689. The lowest BCUT2D eigenvalue weighted by Gasteiger charge is -2.13. The second kappa shape index (κ2) is 6.67. The van der Waals surface area contributed by atoms with E-state index in [1.807, 2.05) is 0 Å². The van der Waals surface area contributed by atoms with Crippen LogP contribution in [0.5, 0.6) is 0 Å². The van der Waals surface area contributed by atoms with Crippen LogP contribution in [0.15, 0.2) is 24.3 Å². The van der Waals surface area contributed by atoms with Gasteiger partial charge in [-0.3, -0.25) is 9.89 Å². The van der Waals surface area contributed by atoms with Crippen molar-refractivity contribution in [1.82, 2.24) is 19.5 Å². The topological polar surface area (TPSA) is 134 Å². The van der Waals surface area contributed by atoms with Gasteiger partial charge in [0.05, 0.1) is 18.8 Å². The first-order valence-corrected chi connectivity index (χ1v) is 9.08. The number of carbonyl (C=O) groups excluding carboxylic acids is 1. The number of carbonyl (C=O) groups is 1. The third kappa shape index (κ3) is 3.61. The van der Waals surface area contributed by atoms with Gasteiger partial charge >= 0.3 is 0 Å². The maximum Gasteiger partial charge on any atom is 0.239 e. The monoisotopic (exact) mass is 350 g/mol. The standard InChI is InChI=1S/C14H18N6O3S/c15-8-12-17-14(19-18-12)10-2-4-11(5-3-10)16-13(21)9-20-6-1-7-24(20,22)23/h2-5H,1,6-9,15H2,(H,16,21)(H,17,18,19). The average molecular weight is 350 g/mol. The molecule has 0 atom stereocenters. The number of sulfonamides is 1. The molecule has 0 aliphatic carbocycles. The Hall–Kier alpha value is -2.30. The highest BCUT2D eigenvalue weighted by Crippen LogP contribution is 2.18. The number of nitrogens with two attached hydrogens (primary N) is 1. The third-order valence-electron chi connectivity index (χ3n) is 3.68. The Labute approximate surface area is 139 Å². The number of benzene rings is 1. The van der Waals surface area contributed by atoms with Gasteiger partial charge in [0, 0.05) is 17.8 Å². The zero-order chi connectivity index (χ0) is 17.2. The maximum absolute atomic E-state index is 12.0. The van der Waals surface area contributed by atoms with E-state index in [1.54, 1.807) is 24.3 Å². The number of hydrogen-bond acceptors (Lipinski definition) is 6. The summed E-state index contributed by atoms with van der Waals surface area (Å²) in [4.78, 5) is 16.2. The molecule has 0 bridgehead atoms. The first kappa shape index (κ1) is 16.6. The molecule has 9 nitrogen and oxygen atoms in total. The van der Waals surface area contributed by atoms with Crippen LogP contribution in [0.4, 0.5) is 5.69 Å². The average Bonchev–Trinajstić information content (AvgIpc) is 3.15. The molecular weight excluding hydrogens is 332 g/mol. The summed E-state index contributed by atoms with van der Waals surface area (Å²) in [5, 5.41) is 9.47. The minimum absolute atomic E-state index is 0.108. The number of H-pyrrole nitrogens is 1. The number of aromatic amines is 1. The summed E-state index contributed by atoms with van der Waals surface area (Å²) in [6, 6.07) is 6.96. The number of rotatable bonds is 5. The summed E-state index contributed by atoms with van der Waals surface area (Å²) in [6.45, 7) is 0.508. The minimum atomic E-state index is -3.28. The fraction of sp³-hybridized carbons (Fsp3) is 0.357. The lowest BCUT2D eigenvalue weighted by Crippen LogP contribution is -2.34. The van der Waals surface area contributed by atoms with E-state index in [1.165, 1.54) is 4.31 Å². The number of aromatic nitrogens is 3. The summed E-state index contributed by atoms with van der Waals surface area (Å²) < 4.78 is 24.6. The second-order valence-corrected chi connectivity index (χ2v) is 7.53. The predicted octanol–water partition coefficient (Wildman–Crippen LogP) is -0.0956. The molecule has 1 aliphatic heterocycles. The van der Waals surface area contributed by atoms with Crippen molar-refractivity contribution in [3.63, 3.8) is 0 Å². The van der Waals surface area contributed by atoms with Gasteiger partial charge in [0.25, 0.3) is 0 Å². The van der Waals surface area contributed by atoms with Crippen molar-refractivity contribution in [3.8, 4) is 11.4 Å². The van der Waals surface area contributed by atoms with E-state index in [-0.39, 0.29) is 24.7 Å². The Morgan fingerprint density at radius 1 is 1.33 bits per heavy atom. The molecule has 3 rings (SSSR count). The SMILES string of the molecule is NCc1nc(-c2ccc(NC(=O)CN3CCCS3(=O)=O)cc2)n[nH]1. The molecule has 0 radical (unpaired) electrons. The molecule has 2 aromatic rings. The van der Waals surface area contributed by atoms with E-state index >= 15 is 0 Å². The van der Waals surface area contributed by atoms with Crippen molar-refractivity contribution in [2.75, 3.05) is 24.2 Å². The van der Waals surface area contributed by atoms with Crippen molar-refractivity contribution in [3.05, 3.63) is 30.1 Å². The molecule has 1 saturated heterocycles. The molecule has 0 unspecified atom stereocenters. The molecule has 0 saturated carbocycles. The van der Waals surface area contributed by atoms with Crippen molar-refractivity contribution < 1.29 is 13.2 Å². The van der Waals surface area contributed by atoms with Gasteiger partial charge in [-0.1, -0.05) is 0 Å². The number of nitrogens with zero attached hydrogens (tertiary/aromatic N) is 3. The minimum Gasteiger partial charge on any atom is -0.325 e. The van der Waals surface area contributed by atoms with E-state index in [4.69, 9.17) is 5.73 Å². The molecular formula is C14H18N6O3S. The van der Waals surface area contributed by atoms with Crippen LogP contribution in [-0.2, 0) is 21.4 Å². The van der Waals surface area contributed by atoms with Gasteiger partial charge in [0.1, 0.15) is 5.82 Å². The second-order valence-electron chi connectivity index (χ2n) is 5.44. The molecule has 0 spiro atoms. The van der Waals surface area contributed by atoms with Crippen LogP contribution < -0.4 is 11.1 Å². The Bertz CT molecular complexity index is 830. The number of nitrogens with one attached hydrogen (secondary N) is 2. The van der Waals surface area contributed by atoms with E-state index in [9.17, 15) is 13.2 Å². The van der Waals surface area contributed by atoms with E-state index in [2.05, 4.69) is 20.5 Å². The Kier molecular flexibility index (Phi) is 4.60. The highest BCUT2D eigenvalue weighted by molar-refractivity contribution is 7.89. The third-order valence-corrected chi connectivity index (χ3v) is 5.58. The molecule has 1 aliphatic rings. The van der Waals surface area contributed by atoms with Gasteiger partial charge in [0.2, 0.25) is 15.9 Å². The van der Waals surface area contributed by atoms with Gasteiger partial charge < -0.3 is 11.1 Å². The first-order chi connectivity index (χ1) is 11.5. The molecule has 1 amide bonds. The van der Waals surface area contributed by atoms with Crippen LogP contribution in [0, 0.1) is 0 Å². The summed E-state index contributed by atoms with van der Waals surface area (Å²) in [5.41, 5.74) is 6.84. The van der Waals surface area contributed by atoms with Gasteiger partial charge in [-0.25, -0.2) is 13.4 Å². The number of amides is 1. The predicted molar refractivity (Wildman–Crippen MR) is 88.3 cm³/mol. The van der Waals surface area contributed by atoms with E-state index in [0.717, 1.165) is 5.56 Å². The van der Waals surface area contributed by atoms with Crippen LogP contribution in [-0.4, -0.2) is 52.7 Å². The smallest absolute Gasteiger partial charge is 0.239 e. The van der Waals surface area contributed by atoms with Crippen LogP contribution in [0.2, 0.25) is 0 Å². The van der Waals surface area contributed by atoms with Crippen molar-refractivity contribution in [2.24, 2.45) is 5.73 Å². The molecule has 24 heavy (non-hydrogen) atoms. The number of anilines is 1. The molecule has 128 valence electrons. The van der Waals surface area contributed by atoms with Crippen molar-refractivity contribution >= 4 is 21.6 Å². The first-order valence-electron chi connectivity index (χ1n) is 7.47. The highest BCUT2D eigenvalue weighted by atomic mass is 32.2.